The van der Waals surface area contributed by atoms with Crippen molar-refractivity contribution in [3.63, 3.8) is 0 Å². The fraction of sp³-hybridized carbons (Fsp3) is 0.176. The van der Waals surface area contributed by atoms with Crippen molar-refractivity contribution in [2.24, 2.45) is 5.10 Å². The third-order valence-electron chi connectivity index (χ3n) is 6.90. The first-order chi connectivity index (χ1) is 21.4. The van der Waals surface area contributed by atoms with Gasteiger partial charge in [0.25, 0.3) is 5.91 Å². The number of benzene rings is 4. The minimum Gasteiger partial charge on any atom is -0.488 e. The van der Waals surface area contributed by atoms with Crippen LogP contribution in [0.3, 0.4) is 0 Å². The molecule has 1 aliphatic rings. The van der Waals surface area contributed by atoms with Crippen molar-refractivity contribution in [3.05, 3.63) is 119 Å². The van der Waals surface area contributed by atoms with Crippen molar-refractivity contribution in [2.75, 3.05) is 13.2 Å². The first-order valence-corrected chi connectivity index (χ1v) is 14.5. The molecule has 0 aromatic heterocycles. The highest BCUT2D eigenvalue weighted by Crippen LogP contribution is 2.33. The molecule has 0 spiro atoms. The van der Waals surface area contributed by atoms with E-state index >= 15 is 0 Å². The summed E-state index contributed by atoms with van der Waals surface area (Å²) in [5.74, 6) is 0.118. The van der Waals surface area contributed by atoms with Crippen molar-refractivity contribution in [1.82, 2.24) is 16.1 Å². The SMILES string of the molecule is CCOC(=O)C1=C(C)NC(=S)N[C@H]1c1ccccc1OCC(=O)NN=Cc1c(OCc2ccccc2)ccc2ccccc12. The summed E-state index contributed by atoms with van der Waals surface area (Å²) in [5.41, 5.74) is 5.92. The summed E-state index contributed by atoms with van der Waals surface area (Å²) in [5, 5.41) is 12.6. The maximum Gasteiger partial charge on any atom is 0.338 e. The molecule has 1 heterocycles. The van der Waals surface area contributed by atoms with Crippen LogP contribution in [-0.4, -0.2) is 36.4 Å². The fourth-order valence-electron chi connectivity index (χ4n) is 4.87. The van der Waals surface area contributed by atoms with E-state index in [1.165, 1.54) is 0 Å². The Labute approximate surface area is 260 Å². The third kappa shape index (κ3) is 7.22. The Hall–Kier alpha value is -5.22. The van der Waals surface area contributed by atoms with Crippen LogP contribution in [0, 0.1) is 0 Å². The topological polar surface area (TPSA) is 110 Å². The van der Waals surface area contributed by atoms with Crippen LogP contribution in [0.2, 0.25) is 0 Å². The summed E-state index contributed by atoms with van der Waals surface area (Å²) in [6.45, 7) is 3.81. The number of carbonyl (C=O) groups excluding carboxylic acids is 2. The molecule has 44 heavy (non-hydrogen) atoms. The monoisotopic (exact) mass is 608 g/mol. The van der Waals surface area contributed by atoms with Crippen molar-refractivity contribution in [1.29, 1.82) is 0 Å². The molecule has 3 N–H and O–H groups in total. The van der Waals surface area contributed by atoms with Gasteiger partial charge in [-0.05, 0) is 54.5 Å². The number of ether oxygens (including phenoxy) is 3. The Bertz CT molecular complexity index is 1740. The first kappa shape index (κ1) is 30.2. The first-order valence-electron chi connectivity index (χ1n) is 14.1. The predicted molar refractivity (Wildman–Crippen MR) is 173 cm³/mol. The van der Waals surface area contributed by atoms with Gasteiger partial charge >= 0.3 is 5.97 Å². The molecule has 0 aliphatic carbocycles. The number of amides is 1. The van der Waals surface area contributed by atoms with Gasteiger partial charge in [-0.2, -0.15) is 5.10 Å². The molecule has 0 unspecified atom stereocenters. The molecule has 0 radical (unpaired) electrons. The van der Waals surface area contributed by atoms with Crippen LogP contribution in [0.25, 0.3) is 10.8 Å². The third-order valence-corrected chi connectivity index (χ3v) is 7.12. The van der Waals surface area contributed by atoms with Crippen molar-refractivity contribution in [3.8, 4) is 11.5 Å². The number of hydrogen-bond donors (Lipinski definition) is 3. The van der Waals surface area contributed by atoms with Crippen LogP contribution in [0.15, 0.2) is 107 Å². The van der Waals surface area contributed by atoms with E-state index in [0.717, 1.165) is 21.9 Å². The summed E-state index contributed by atoms with van der Waals surface area (Å²) in [4.78, 5) is 25.6. The average molecular weight is 609 g/mol. The lowest BCUT2D eigenvalue weighted by Gasteiger charge is -2.30. The molecule has 1 atom stereocenters. The molecule has 5 rings (SSSR count). The van der Waals surface area contributed by atoms with Crippen LogP contribution in [0.4, 0.5) is 0 Å². The van der Waals surface area contributed by atoms with Gasteiger partial charge in [0.15, 0.2) is 11.7 Å². The molecule has 1 amide bonds. The quantitative estimate of drug-likeness (QED) is 0.0911. The molecule has 224 valence electrons. The summed E-state index contributed by atoms with van der Waals surface area (Å²) >= 11 is 5.34. The van der Waals surface area contributed by atoms with Gasteiger partial charge < -0.3 is 24.8 Å². The molecular formula is C34H32N4O5S. The number of para-hydroxylation sites is 1. The molecule has 4 aromatic carbocycles. The molecule has 1 aliphatic heterocycles. The molecule has 4 aromatic rings. The standard InChI is InChI=1S/C34H32N4O5S/c1-3-41-33(40)31-22(2)36-34(44)37-32(31)26-15-9-10-16-28(26)43-21-30(39)38-35-19-27-25-14-8-7-13-24(25)17-18-29(27)42-20-23-11-5-4-6-12-23/h4-19,32H,3,20-21H2,1-2H3,(H,38,39)(H2,36,37,44)/t32-/m0/s1. The lowest BCUT2D eigenvalue weighted by Crippen LogP contribution is -2.45. The van der Waals surface area contributed by atoms with E-state index in [1.54, 1.807) is 38.3 Å². The highest BCUT2D eigenvalue weighted by molar-refractivity contribution is 7.80. The molecule has 0 saturated carbocycles. The minimum atomic E-state index is -0.624. The van der Waals surface area contributed by atoms with Gasteiger partial charge in [0.05, 0.1) is 24.4 Å². The molecule has 10 heteroatoms. The predicted octanol–water partition coefficient (Wildman–Crippen LogP) is 5.30. The van der Waals surface area contributed by atoms with Crippen LogP contribution in [0.1, 0.15) is 36.6 Å². The molecule has 9 nitrogen and oxygen atoms in total. The lowest BCUT2D eigenvalue weighted by molar-refractivity contribution is -0.139. The Morgan fingerprint density at radius 2 is 1.68 bits per heavy atom. The van der Waals surface area contributed by atoms with E-state index in [0.29, 0.717) is 40.1 Å². The van der Waals surface area contributed by atoms with E-state index in [9.17, 15) is 9.59 Å². The van der Waals surface area contributed by atoms with Gasteiger partial charge in [-0.3, -0.25) is 4.79 Å². The second-order valence-electron chi connectivity index (χ2n) is 9.88. The number of allylic oxidation sites excluding steroid dienone is 1. The Morgan fingerprint density at radius 1 is 0.932 bits per heavy atom. The van der Waals surface area contributed by atoms with E-state index in [1.807, 2.05) is 72.8 Å². The highest BCUT2D eigenvalue weighted by atomic mass is 32.1. The second kappa shape index (κ2) is 14.3. The van der Waals surface area contributed by atoms with Gasteiger partial charge in [0.2, 0.25) is 0 Å². The Morgan fingerprint density at radius 3 is 2.50 bits per heavy atom. The smallest absolute Gasteiger partial charge is 0.338 e. The van der Waals surface area contributed by atoms with Crippen LogP contribution in [-0.2, 0) is 20.9 Å². The van der Waals surface area contributed by atoms with Gasteiger partial charge in [0.1, 0.15) is 18.1 Å². The summed E-state index contributed by atoms with van der Waals surface area (Å²) < 4.78 is 17.3. The summed E-state index contributed by atoms with van der Waals surface area (Å²) in [6, 6.07) is 28.2. The van der Waals surface area contributed by atoms with Crippen molar-refractivity contribution >= 4 is 46.2 Å². The minimum absolute atomic E-state index is 0.227. The lowest BCUT2D eigenvalue weighted by atomic mass is 9.95. The van der Waals surface area contributed by atoms with Crippen LogP contribution in [0.5, 0.6) is 11.5 Å². The zero-order valence-corrected chi connectivity index (χ0v) is 25.1. The second-order valence-corrected chi connectivity index (χ2v) is 10.3. The number of hydrazone groups is 1. The molecule has 0 fully saturated rings. The van der Waals surface area contributed by atoms with Gasteiger partial charge in [-0.1, -0.05) is 78.9 Å². The van der Waals surface area contributed by atoms with Crippen molar-refractivity contribution in [2.45, 2.75) is 26.5 Å². The largest absolute Gasteiger partial charge is 0.488 e. The number of nitrogens with zero attached hydrogens (tertiary/aromatic N) is 1. The molecule has 0 bridgehead atoms. The maximum absolute atomic E-state index is 12.8. The van der Waals surface area contributed by atoms with E-state index in [4.69, 9.17) is 26.4 Å². The molecular weight excluding hydrogens is 576 g/mol. The van der Waals surface area contributed by atoms with Gasteiger partial charge in [0, 0.05) is 16.8 Å². The zero-order chi connectivity index (χ0) is 30.9. The number of thiocarbonyl (C=S) groups is 1. The average Bonchev–Trinajstić information content (AvgIpc) is 3.03. The summed E-state index contributed by atoms with van der Waals surface area (Å²) in [7, 11) is 0. The highest BCUT2D eigenvalue weighted by Gasteiger charge is 2.32. The van der Waals surface area contributed by atoms with Crippen molar-refractivity contribution < 1.29 is 23.8 Å². The van der Waals surface area contributed by atoms with Crippen LogP contribution < -0.4 is 25.5 Å². The number of nitrogens with one attached hydrogen (secondary N) is 3. The Kier molecular flexibility index (Phi) is 9.83. The van der Waals surface area contributed by atoms with Gasteiger partial charge in [-0.25, -0.2) is 10.2 Å². The number of fused-ring (bicyclic) bond motifs is 1. The van der Waals surface area contributed by atoms with E-state index in [-0.39, 0.29) is 13.2 Å². The number of esters is 1. The number of rotatable bonds is 11. The number of hydrogen-bond acceptors (Lipinski definition) is 7. The van der Waals surface area contributed by atoms with E-state index in [2.05, 4.69) is 21.2 Å². The van der Waals surface area contributed by atoms with Crippen LogP contribution >= 0.6 is 12.2 Å². The Balaban J connectivity index is 1.29. The zero-order valence-electron chi connectivity index (χ0n) is 24.3. The van der Waals surface area contributed by atoms with Gasteiger partial charge in [-0.15, -0.1) is 0 Å². The molecule has 0 saturated heterocycles. The summed E-state index contributed by atoms with van der Waals surface area (Å²) in [6.07, 6.45) is 1.58. The number of carbonyl (C=O) groups is 2. The normalized spacial score (nSPS) is 14.6. The fourth-order valence-corrected chi connectivity index (χ4v) is 5.14. The van der Waals surface area contributed by atoms with E-state index < -0.39 is 17.9 Å². The maximum atomic E-state index is 12.8.